The number of carbonyl (C=O) groups is 1. The van der Waals surface area contributed by atoms with Crippen LogP contribution < -0.4 is 5.32 Å². The van der Waals surface area contributed by atoms with Crippen molar-refractivity contribution in [2.45, 2.75) is 36.6 Å². The third-order valence-corrected chi connectivity index (χ3v) is 4.08. The molecule has 0 bridgehead atoms. The van der Waals surface area contributed by atoms with E-state index >= 15 is 0 Å². The maximum absolute atomic E-state index is 11.8. The predicted octanol–water partition coefficient (Wildman–Crippen LogP) is 2.66. The SMILES string of the molecule is O=C(Cc1ccccc1)NC1CCCC1Br. The molecule has 16 heavy (non-hydrogen) atoms. The molecule has 3 heteroatoms. The Morgan fingerprint density at radius 2 is 2.06 bits per heavy atom. The monoisotopic (exact) mass is 281 g/mol. The molecule has 1 aromatic carbocycles. The van der Waals surface area contributed by atoms with Crippen LogP contribution in [0.3, 0.4) is 0 Å². The number of hydrogen-bond acceptors (Lipinski definition) is 1. The van der Waals surface area contributed by atoms with E-state index in [1.54, 1.807) is 0 Å². The highest BCUT2D eigenvalue weighted by molar-refractivity contribution is 9.09. The Bertz CT molecular complexity index is 352. The first-order valence-corrected chi connectivity index (χ1v) is 6.64. The summed E-state index contributed by atoms with van der Waals surface area (Å²) in [5.41, 5.74) is 1.07. The molecule has 1 aliphatic rings. The summed E-state index contributed by atoms with van der Waals surface area (Å²) < 4.78 is 0. The van der Waals surface area contributed by atoms with Crippen LogP contribution in [0.4, 0.5) is 0 Å². The third kappa shape index (κ3) is 3.08. The molecular formula is C13H16BrNO. The van der Waals surface area contributed by atoms with Crippen LogP contribution in [-0.4, -0.2) is 16.8 Å². The minimum Gasteiger partial charge on any atom is -0.352 e. The van der Waals surface area contributed by atoms with Gasteiger partial charge < -0.3 is 5.32 Å². The molecule has 0 spiro atoms. The Morgan fingerprint density at radius 1 is 1.31 bits per heavy atom. The molecule has 1 aromatic rings. The van der Waals surface area contributed by atoms with Crippen LogP contribution in [0.25, 0.3) is 0 Å². The van der Waals surface area contributed by atoms with Gasteiger partial charge in [0.15, 0.2) is 0 Å². The van der Waals surface area contributed by atoms with Crippen molar-refractivity contribution in [3.8, 4) is 0 Å². The van der Waals surface area contributed by atoms with Crippen LogP contribution in [0.2, 0.25) is 0 Å². The molecule has 86 valence electrons. The van der Waals surface area contributed by atoms with Gasteiger partial charge in [-0.2, -0.15) is 0 Å². The summed E-state index contributed by atoms with van der Waals surface area (Å²) in [6, 6.07) is 10.2. The molecule has 0 aromatic heterocycles. The largest absolute Gasteiger partial charge is 0.352 e. The van der Waals surface area contributed by atoms with Crippen LogP contribution in [-0.2, 0) is 11.2 Å². The van der Waals surface area contributed by atoms with Crippen LogP contribution >= 0.6 is 15.9 Å². The van der Waals surface area contributed by atoms with Gasteiger partial charge in [-0.25, -0.2) is 0 Å². The van der Waals surface area contributed by atoms with Gasteiger partial charge in [-0.15, -0.1) is 0 Å². The van der Waals surface area contributed by atoms with Crippen molar-refractivity contribution < 1.29 is 4.79 Å². The zero-order valence-electron chi connectivity index (χ0n) is 9.16. The van der Waals surface area contributed by atoms with Gasteiger partial charge in [-0.05, 0) is 18.4 Å². The lowest BCUT2D eigenvalue weighted by atomic mass is 10.1. The number of amides is 1. The second-order valence-electron chi connectivity index (χ2n) is 4.28. The summed E-state index contributed by atoms with van der Waals surface area (Å²) >= 11 is 3.60. The van der Waals surface area contributed by atoms with E-state index in [1.165, 1.54) is 6.42 Å². The zero-order chi connectivity index (χ0) is 11.4. The van der Waals surface area contributed by atoms with Gasteiger partial charge in [0.25, 0.3) is 0 Å². The number of nitrogens with one attached hydrogen (secondary N) is 1. The minimum absolute atomic E-state index is 0.127. The molecule has 0 radical (unpaired) electrons. The highest BCUT2D eigenvalue weighted by atomic mass is 79.9. The van der Waals surface area contributed by atoms with Gasteiger partial charge in [0, 0.05) is 10.9 Å². The molecule has 1 aliphatic carbocycles. The molecule has 1 N–H and O–H groups in total. The van der Waals surface area contributed by atoms with Crippen molar-refractivity contribution in [1.82, 2.24) is 5.32 Å². The number of alkyl halides is 1. The van der Waals surface area contributed by atoms with E-state index in [-0.39, 0.29) is 5.91 Å². The fraction of sp³-hybridized carbons (Fsp3) is 0.462. The Hall–Kier alpha value is -0.830. The van der Waals surface area contributed by atoms with Gasteiger partial charge in [-0.3, -0.25) is 4.79 Å². The maximum atomic E-state index is 11.8. The number of carbonyl (C=O) groups excluding carboxylic acids is 1. The van der Waals surface area contributed by atoms with E-state index in [1.807, 2.05) is 30.3 Å². The molecular weight excluding hydrogens is 266 g/mol. The second kappa shape index (κ2) is 5.48. The van der Waals surface area contributed by atoms with E-state index < -0.39 is 0 Å². The molecule has 0 aliphatic heterocycles. The summed E-state index contributed by atoms with van der Waals surface area (Å²) in [6.07, 6.45) is 3.94. The molecule has 1 saturated carbocycles. The first kappa shape index (κ1) is 11.6. The quantitative estimate of drug-likeness (QED) is 0.848. The average molecular weight is 282 g/mol. The smallest absolute Gasteiger partial charge is 0.224 e. The van der Waals surface area contributed by atoms with E-state index in [2.05, 4.69) is 21.2 Å². The summed E-state index contributed by atoms with van der Waals surface area (Å²) in [5.74, 6) is 0.127. The molecule has 2 nitrogen and oxygen atoms in total. The minimum atomic E-state index is 0.127. The van der Waals surface area contributed by atoms with Crippen molar-refractivity contribution in [1.29, 1.82) is 0 Å². The first-order valence-electron chi connectivity index (χ1n) is 5.73. The molecule has 0 saturated heterocycles. The predicted molar refractivity (Wildman–Crippen MR) is 68.6 cm³/mol. The Labute approximate surface area is 105 Å². The van der Waals surface area contributed by atoms with Crippen molar-refractivity contribution in [3.05, 3.63) is 35.9 Å². The van der Waals surface area contributed by atoms with Gasteiger partial charge in [-0.1, -0.05) is 52.7 Å². The number of halogens is 1. The molecule has 2 atom stereocenters. The molecule has 0 heterocycles. The lowest BCUT2D eigenvalue weighted by molar-refractivity contribution is -0.121. The van der Waals surface area contributed by atoms with Gasteiger partial charge >= 0.3 is 0 Å². The Balaban J connectivity index is 1.85. The van der Waals surface area contributed by atoms with Gasteiger partial charge in [0.1, 0.15) is 0 Å². The Morgan fingerprint density at radius 3 is 2.69 bits per heavy atom. The Kier molecular flexibility index (Phi) is 3.99. The van der Waals surface area contributed by atoms with Gasteiger partial charge in [0.05, 0.1) is 6.42 Å². The average Bonchev–Trinajstić information content (AvgIpc) is 2.66. The van der Waals surface area contributed by atoms with E-state index in [9.17, 15) is 4.79 Å². The summed E-state index contributed by atoms with van der Waals surface area (Å²) in [7, 11) is 0. The van der Waals surface area contributed by atoms with Crippen molar-refractivity contribution in [2.24, 2.45) is 0 Å². The standard InChI is InChI=1S/C13H16BrNO/c14-11-7-4-8-12(11)15-13(16)9-10-5-2-1-3-6-10/h1-3,5-6,11-12H,4,7-9H2,(H,15,16). The second-order valence-corrected chi connectivity index (χ2v) is 5.46. The first-order chi connectivity index (χ1) is 7.75. The number of hydrogen-bond donors (Lipinski definition) is 1. The van der Waals surface area contributed by atoms with Crippen molar-refractivity contribution >= 4 is 21.8 Å². The fourth-order valence-corrected chi connectivity index (χ4v) is 2.84. The van der Waals surface area contributed by atoms with E-state index in [4.69, 9.17) is 0 Å². The lowest BCUT2D eigenvalue weighted by Crippen LogP contribution is -2.38. The topological polar surface area (TPSA) is 29.1 Å². The maximum Gasteiger partial charge on any atom is 0.224 e. The molecule has 2 rings (SSSR count). The highest BCUT2D eigenvalue weighted by Gasteiger charge is 2.25. The normalized spacial score (nSPS) is 24.3. The van der Waals surface area contributed by atoms with Gasteiger partial charge in [0.2, 0.25) is 5.91 Å². The molecule has 2 unspecified atom stereocenters. The fourth-order valence-electron chi connectivity index (χ4n) is 2.12. The van der Waals surface area contributed by atoms with E-state index in [0.717, 1.165) is 18.4 Å². The summed E-state index contributed by atoms with van der Waals surface area (Å²) in [4.78, 5) is 12.2. The molecule has 1 fully saturated rings. The highest BCUT2D eigenvalue weighted by Crippen LogP contribution is 2.25. The number of benzene rings is 1. The summed E-state index contributed by atoms with van der Waals surface area (Å²) in [5, 5.41) is 3.09. The zero-order valence-corrected chi connectivity index (χ0v) is 10.7. The number of rotatable bonds is 3. The van der Waals surface area contributed by atoms with Crippen LogP contribution in [0, 0.1) is 0 Å². The van der Waals surface area contributed by atoms with Crippen LogP contribution in [0.5, 0.6) is 0 Å². The van der Waals surface area contributed by atoms with Crippen LogP contribution in [0.1, 0.15) is 24.8 Å². The van der Waals surface area contributed by atoms with Crippen molar-refractivity contribution in [2.75, 3.05) is 0 Å². The summed E-state index contributed by atoms with van der Waals surface area (Å²) in [6.45, 7) is 0. The van der Waals surface area contributed by atoms with E-state index in [0.29, 0.717) is 17.3 Å². The third-order valence-electron chi connectivity index (χ3n) is 2.99. The van der Waals surface area contributed by atoms with Crippen molar-refractivity contribution in [3.63, 3.8) is 0 Å². The lowest BCUT2D eigenvalue weighted by Gasteiger charge is -2.15. The molecule has 1 amide bonds. The van der Waals surface area contributed by atoms with Crippen LogP contribution in [0.15, 0.2) is 30.3 Å².